The minimum absolute atomic E-state index is 0.0666. The van der Waals surface area contributed by atoms with Gasteiger partial charge >= 0.3 is 5.97 Å². The van der Waals surface area contributed by atoms with Crippen molar-refractivity contribution in [3.05, 3.63) is 17.2 Å². The molecule has 0 aromatic carbocycles. The molecule has 0 saturated heterocycles. The topological polar surface area (TPSA) is 75.4 Å². The molecule has 0 unspecified atom stereocenters. The minimum Gasteiger partial charge on any atom is -0.481 e. The van der Waals surface area contributed by atoms with Gasteiger partial charge in [0.2, 0.25) is 0 Å². The largest absolute Gasteiger partial charge is 0.481 e. The summed E-state index contributed by atoms with van der Waals surface area (Å²) in [4.78, 5) is 15.6. The third-order valence-electron chi connectivity index (χ3n) is 3.61. The summed E-state index contributed by atoms with van der Waals surface area (Å²) in [6.07, 6.45) is 3.53. The summed E-state index contributed by atoms with van der Waals surface area (Å²) in [7, 11) is 0. The summed E-state index contributed by atoms with van der Waals surface area (Å²) in [5.41, 5.74) is 0.970. The zero-order valence-corrected chi connectivity index (χ0v) is 10.9. The Hall–Kier alpha value is -1.36. The highest BCUT2D eigenvalue weighted by Crippen LogP contribution is 2.27. The molecule has 2 heterocycles. The Morgan fingerprint density at radius 2 is 2.17 bits per heavy atom. The molecular weight excluding hydrogens is 232 g/mol. The molecule has 1 aliphatic heterocycles. The number of aliphatic carboxylic acids is 1. The fraction of sp³-hybridized carbons (Fsp3) is 0.692. The van der Waals surface area contributed by atoms with Gasteiger partial charge in [0.1, 0.15) is 5.82 Å². The number of aliphatic hydroxyl groups excluding tert-OH is 1. The van der Waals surface area contributed by atoms with Crippen LogP contribution in [0.5, 0.6) is 0 Å². The van der Waals surface area contributed by atoms with Crippen molar-refractivity contribution in [1.29, 1.82) is 0 Å². The van der Waals surface area contributed by atoms with Crippen LogP contribution in [0.25, 0.3) is 0 Å². The van der Waals surface area contributed by atoms with E-state index in [0.29, 0.717) is 12.1 Å². The molecule has 0 atom stereocenters. The number of carboxylic acid groups (broad SMARTS) is 1. The van der Waals surface area contributed by atoms with E-state index >= 15 is 0 Å². The molecule has 0 radical (unpaired) electrons. The maximum atomic E-state index is 11.2. The lowest BCUT2D eigenvalue weighted by Gasteiger charge is -2.22. The van der Waals surface area contributed by atoms with Crippen molar-refractivity contribution < 1.29 is 15.0 Å². The van der Waals surface area contributed by atoms with Crippen LogP contribution in [0.3, 0.4) is 0 Å². The van der Waals surface area contributed by atoms with E-state index in [9.17, 15) is 15.0 Å². The van der Waals surface area contributed by atoms with Gasteiger partial charge in [0.25, 0.3) is 0 Å². The molecule has 1 aromatic rings. The van der Waals surface area contributed by atoms with Gasteiger partial charge in [-0.1, -0.05) is 0 Å². The predicted octanol–water partition coefficient (Wildman–Crippen LogP) is 1.37. The van der Waals surface area contributed by atoms with Gasteiger partial charge < -0.3 is 14.8 Å². The molecular formula is C13H20N2O3. The summed E-state index contributed by atoms with van der Waals surface area (Å²) in [5.74, 6) is -0.0256. The average molecular weight is 252 g/mol. The summed E-state index contributed by atoms with van der Waals surface area (Å²) in [5, 5.41) is 18.5. The number of imidazole rings is 1. The first-order valence-electron chi connectivity index (χ1n) is 6.37. The molecule has 1 aromatic heterocycles. The van der Waals surface area contributed by atoms with Crippen LogP contribution in [0.2, 0.25) is 0 Å². The number of carbonyl (C=O) groups is 1. The molecule has 2 rings (SSSR count). The van der Waals surface area contributed by atoms with Crippen molar-refractivity contribution in [2.75, 3.05) is 0 Å². The van der Waals surface area contributed by atoms with E-state index in [1.54, 1.807) is 13.8 Å². The van der Waals surface area contributed by atoms with Gasteiger partial charge in [0, 0.05) is 18.7 Å². The first kappa shape index (κ1) is 13.1. The van der Waals surface area contributed by atoms with E-state index in [1.165, 1.54) is 0 Å². The van der Waals surface area contributed by atoms with E-state index in [4.69, 9.17) is 0 Å². The smallest absolute Gasteiger partial charge is 0.309 e. The Balaban J connectivity index is 2.34. The van der Waals surface area contributed by atoms with Crippen molar-refractivity contribution in [2.24, 2.45) is 5.41 Å². The van der Waals surface area contributed by atoms with Crippen LogP contribution >= 0.6 is 0 Å². The SMILES string of the molecule is CC(C)(Cc1nc(CO)c2n1CCCC2)C(=O)O. The van der Waals surface area contributed by atoms with Gasteiger partial charge in [-0.25, -0.2) is 4.98 Å². The van der Waals surface area contributed by atoms with Crippen LogP contribution in [0.4, 0.5) is 0 Å². The number of carboxylic acids is 1. The van der Waals surface area contributed by atoms with Gasteiger partial charge in [-0.15, -0.1) is 0 Å². The molecule has 100 valence electrons. The lowest BCUT2D eigenvalue weighted by molar-refractivity contribution is -0.146. The van der Waals surface area contributed by atoms with Gasteiger partial charge in [0.05, 0.1) is 17.7 Å². The zero-order valence-electron chi connectivity index (χ0n) is 10.9. The zero-order chi connectivity index (χ0) is 13.3. The molecule has 18 heavy (non-hydrogen) atoms. The van der Waals surface area contributed by atoms with E-state index in [1.807, 2.05) is 0 Å². The summed E-state index contributed by atoms with van der Waals surface area (Å²) < 4.78 is 2.10. The van der Waals surface area contributed by atoms with Gasteiger partial charge in [-0.2, -0.15) is 0 Å². The second-order valence-electron chi connectivity index (χ2n) is 5.55. The van der Waals surface area contributed by atoms with Crippen LogP contribution in [0.15, 0.2) is 0 Å². The molecule has 0 aliphatic carbocycles. The van der Waals surface area contributed by atoms with E-state index in [2.05, 4.69) is 9.55 Å². The van der Waals surface area contributed by atoms with Crippen LogP contribution in [-0.2, 0) is 30.8 Å². The first-order valence-corrected chi connectivity index (χ1v) is 6.37. The molecule has 5 heteroatoms. The summed E-state index contributed by atoms with van der Waals surface area (Å²) in [6, 6.07) is 0. The Kier molecular flexibility index (Phi) is 3.43. The third-order valence-corrected chi connectivity index (χ3v) is 3.61. The normalized spacial score (nSPS) is 15.5. The van der Waals surface area contributed by atoms with Crippen molar-refractivity contribution in [2.45, 2.75) is 52.7 Å². The second-order valence-corrected chi connectivity index (χ2v) is 5.55. The van der Waals surface area contributed by atoms with E-state index in [-0.39, 0.29) is 6.61 Å². The summed E-state index contributed by atoms with van der Waals surface area (Å²) >= 11 is 0. The van der Waals surface area contributed by atoms with Crippen molar-refractivity contribution in [3.8, 4) is 0 Å². The number of aromatic nitrogens is 2. The van der Waals surface area contributed by atoms with Gasteiger partial charge in [-0.05, 0) is 33.1 Å². The van der Waals surface area contributed by atoms with Crippen LogP contribution in [-0.4, -0.2) is 25.7 Å². The lowest BCUT2D eigenvalue weighted by atomic mass is 9.89. The second kappa shape index (κ2) is 4.72. The Bertz CT molecular complexity index is 463. The molecule has 1 aliphatic rings. The number of fused-ring (bicyclic) bond motifs is 1. The molecule has 2 N–H and O–H groups in total. The van der Waals surface area contributed by atoms with Crippen molar-refractivity contribution in [3.63, 3.8) is 0 Å². The number of hydrogen-bond acceptors (Lipinski definition) is 3. The highest BCUT2D eigenvalue weighted by molar-refractivity contribution is 5.73. The van der Waals surface area contributed by atoms with Gasteiger partial charge in [0.15, 0.2) is 0 Å². The molecule has 0 saturated carbocycles. The maximum Gasteiger partial charge on any atom is 0.309 e. The highest BCUT2D eigenvalue weighted by atomic mass is 16.4. The quantitative estimate of drug-likeness (QED) is 0.848. The maximum absolute atomic E-state index is 11.2. The van der Waals surface area contributed by atoms with Crippen molar-refractivity contribution >= 4 is 5.97 Å². The molecule has 0 fully saturated rings. The number of rotatable bonds is 4. The average Bonchev–Trinajstić information content (AvgIpc) is 2.67. The Labute approximate surface area is 106 Å². The molecule has 5 nitrogen and oxygen atoms in total. The van der Waals surface area contributed by atoms with Crippen LogP contribution < -0.4 is 0 Å². The van der Waals surface area contributed by atoms with Crippen molar-refractivity contribution in [1.82, 2.24) is 9.55 Å². The minimum atomic E-state index is -0.827. The predicted molar refractivity (Wildman–Crippen MR) is 66.2 cm³/mol. The number of nitrogens with zero attached hydrogens (tertiary/aromatic N) is 2. The lowest BCUT2D eigenvalue weighted by Crippen LogP contribution is -2.28. The van der Waals surface area contributed by atoms with E-state index < -0.39 is 11.4 Å². The summed E-state index contributed by atoms with van der Waals surface area (Å²) in [6.45, 7) is 4.23. The fourth-order valence-electron chi connectivity index (χ4n) is 2.43. The first-order chi connectivity index (χ1) is 8.45. The number of hydrogen-bond donors (Lipinski definition) is 2. The highest BCUT2D eigenvalue weighted by Gasteiger charge is 2.31. The number of aliphatic hydroxyl groups is 1. The standard InChI is InChI=1S/C13H20N2O3/c1-13(2,12(17)18)7-11-14-9(8-16)10-5-3-4-6-15(10)11/h16H,3-8H2,1-2H3,(H,17,18). The molecule has 0 bridgehead atoms. The molecule has 0 spiro atoms. The molecule has 0 amide bonds. The Morgan fingerprint density at radius 1 is 1.44 bits per heavy atom. The Morgan fingerprint density at radius 3 is 2.78 bits per heavy atom. The third kappa shape index (κ3) is 2.27. The van der Waals surface area contributed by atoms with Gasteiger partial charge in [-0.3, -0.25) is 4.79 Å². The monoisotopic (exact) mass is 252 g/mol. The van der Waals surface area contributed by atoms with E-state index in [0.717, 1.165) is 37.3 Å². The van der Waals surface area contributed by atoms with Crippen LogP contribution in [0.1, 0.15) is 43.9 Å². The fourth-order valence-corrected chi connectivity index (χ4v) is 2.43. The van der Waals surface area contributed by atoms with Crippen LogP contribution in [0, 0.1) is 5.41 Å².